The maximum Gasteiger partial charge on any atom is 0.290 e. The van der Waals surface area contributed by atoms with E-state index in [1.807, 2.05) is 14.1 Å². The molecule has 0 radical (unpaired) electrons. The summed E-state index contributed by atoms with van der Waals surface area (Å²) < 4.78 is 0.220. The van der Waals surface area contributed by atoms with Gasteiger partial charge in [0.25, 0.3) is 5.91 Å². The van der Waals surface area contributed by atoms with Gasteiger partial charge in [0.05, 0.1) is 20.6 Å². The maximum atomic E-state index is 12.1. The van der Waals surface area contributed by atoms with E-state index in [1.54, 1.807) is 6.92 Å². The van der Waals surface area contributed by atoms with E-state index in [0.717, 1.165) is 12.8 Å². The van der Waals surface area contributed by atoms with Gasteiger partial charge >= 0.3 is 0 Å². The summed E-state index contributed by atoms with van der Waals surface area (Å²) in [6.45, 7) is 7.96. The number of carbonyl (C=O) groups excluding carboxylic acids is 1. The number of hydrogen-bond donors (Lipinski definition) is 1. The van der Waals surface area contributed by atoms with Crippen LogP contribution in [0.3, 0.4) is 0 Å². The molecule has 1 atom stereocenters. The molecule has 0 saturated carbocycles. The summed E-state index contributed by atoms with van der Waals surface area (Å²) in [4.78, 5) is 11.7. The van der Waals surface area contributed by atoms with Gasteiger partial charge in [0.1, 0.15) is 0 Å². The number of unbranched alkanes of at least 4 members (excludes halogenated alkanes) is 9. The smallest absolute Gasteiger partial charge is 0.290 e. The van der Waals surface area contributed by atoms with Crippen molar-refractivity contribution in [1.29, 1.82) is 0 Å². The number of nitrogens with zero attached hydrogens (tertiary/aromatic N) is 1. The lowest BCUT2D eigenvalue weighted by Crippen LogP contribution is -2.59. The highest BCUT2D eigenvalue weighted by molar-refractivity contribution is 5.91. The molecule has 142 valence electrons. The van der Waals surface area contributed by atoms with E-state index in [0.29, 0.717) is 18.5 Å². The quantitative estimate of drug-likeness (QED) is 0.214. The van der Waals surface area contributed by atoms with E-state index in [-0.39, 0.29) is 10.5 Å². The van der Waals surface area contributed by atoms with Crippen molar-refractivity contribution in [3.05, 3.63) is 12.2 Å². The zero-order chi connectivity index (χ0) is 18.4. The number of nitrogens with one attached hydrogen (secondary N) is 1. The van der Waals surface area contributed by atoms with Crippen LogP contribution in [0.25, 0.3) is 0 Å². The summed E-state index contributed by atoms with van der Waals surface area (Å²) in [5, 5.41) is 12.1. The molecular formula is C20H40N2O2. The molecule has 0 aliphatic rings. The van der Waals surface area contributed by atoms with Gasteiger partial charge in [-0.25, -0.2) is 4.59 Å². The van der Waals surface area contributed by atoms with E-state index >= 15 is 0 Å². The molecular weight excluding hydrogens is 300 g/mol. The third-order valence-corrected chi connectivity index (χ3v) is 4.33. The molecule has 0 aliphatic carbocycles. The second kappa shape index (κ2) is 13.4. The molecule has 0 bridgehead atoms. The van der Waals surface area contributed by atoms with Crippen LogP contribution in [0.1, 0.15) is 84.5 Å². The van der Waals surface area contributed by atoms with Crippen LogP contribution < -0.4 is 10.5 Å². The van der Waals surface area contributed by atoms with Crippen molar-refractivity contribution in [2.24, 2.45) is 0 Å². The van der Waals surface area contributed by atoms with Gasteiger partial charge in [-0.15, -0.1) is 0 Å². The number of amides is 1. The Bertz CT molecular complexity index is 354. The highest BCUT2D eigenvalue weighted by Gasteiger charge is 2.19. The zero-order valence-electron chi connectivity index (χ0n) is 16.5. The highest BCUT2D eigenvalue weighted by Crippen LogP contribution is 2.12. The molecule has 1 unspecified atom stereocenters. The van der Waals surface area contributed by atoms with Crippen molar-refractivity contribution < 1.29 is 14.5 Å². The van der Waals surface area contributed by atoms with Crippen LogP contribution in [0.4, 0.5) is 0 Å². The molecule has 0 saturated heterocycles. The number of rotatable bonds is 15. The molecule has 4 nitrogen and oxygen atoms in total. The van der Waals surface area contributed by atoms with Gasteiger partial charge in [0.15, 0.2) is 0 Å². The van der Waals surface area contributed by atoms with Crippen molar-refractivity contribution in [3.8, 4) is 0 Å². The molecule has 1 amide bonds. The fourth-order valence-electron chi connectivity index (χ4n) is 2.88. The lowest BCUT2D eigenvalue weighted by Gasteiger charge is -2.35. The van der Waals surface area contributed by atoms with E-state index < -0.39 is 6.10 Å². The summed E-state index contributed by atoms with van der Waals surface area (Å²) in [7, 11) is 3.70. The molecule has 0 rings (SSSR count). The van der Waals surface area contributed by atoms with Gasteiger partial charge in [-0.1, -0.05) is 90.2 Å². The van der Waals surface area contributed by atoms with Crippen LogP contribution >= 0.6 is 0 Å². The fourth-order valence-corrected chi connectivity index (χ4v) is 2.88. The van der Waals surface area contributed by atoms with Crippen molar-refractivity contribution in [2.45, 2.75) is 90.6 Å². The SMILES string of the molecule is C=C(C)C(=O)N[N+](C)(C)CC([O-])CCCCCCCCCCCC. The van der Waals surface area contributed by atoms with Gasteiger partial charge < -0.3 is 5.11 Å². The lowest BCUT2D eigenvalue weighted by molar-refractivity contribution is -0.933. The Hall–Kier alpha value is -0.870. The first kappa shape index (κ1) is 23.1. The molecule has 0 aromatic rings. The standard InChI is InChI=1S/C20H40N2O2/c1-6-7-8-9-10-11-12-13-14-15-16-19(23)17-22(4,5)21-20(24)18(2)3/h19H,2,6-17H2,1,3-5H3,(H,21,24). The topological polar surface area (TPSA) is 52.2 Å². The van der Waals surface area contributed by atoms with Gasteiger partial charge in [0.2, 0.25) is 0 Å². The average Bonchev–Trinajstić information content (AvgIpc) is 2.48. The molecule has 4 heteroatoms. The van der Waals surface area contributed by atoms with Crippen LogP contribution in [0.5, 0.6) is 0 Å². The Morgan fingerprint density at radius 1 is 1.00 bits per heavy atom. The number of quaternary nitrogens is 1. The van der Waals surface area contributed by atoms with Crippen LogP contribution in [0, 0.1) is 0 Å². The average molecular weight is 341 g/mol. The van der Waals surface area contributed by atoms with Crippen molar-refractivity contribution in [2.75, 3.05) is 20.6 Å². The molecule has 0 fully saturated rings. The van der Waals surface area contributed by atoms with Gasteiger partial charge in [-0.3, -0.25) is 4.79 Å². The Kier molecular flexibility index (Phi) is 12.9. The van der Waals surface area contributed by atoms with Gasteiger partial charge in [-0.2, -0.15) is 5.43 Å². The largest absolute Gasteiger partial charge is 0.848 e. The minimum Gasteiger partial charge on any atom is -0.848 e. The van der Waals surface area contributed by atoms with Crippen molar-refractivity contribution in [3.63, 3.8) is 0 Å². The first-order valence-electron chi connectivity index (χ1n) is 9.75. The zero-order valence-corrected chi connectivity index (χ0v) is 16.5. The maximum absolute atomic E-state index is 12.1. The van der Waals surface area contributed by atoms with E-state index in [4.69, 9.17) is 0 Å². The van der Waals surface area contributed by atoms with Crippen LogP contribution in [0.2, 0.25) is 0 Å². The highest BCUT2D eigenvalue weighted by atomic mass is 16.3. The summed E-state index contributed by atoms with van der Waals surface area (Å²) in [5.41, 5.74) is 3.30. The molecule has 0 aromatic heterocycles. The number of likely N-dealkylation sites (N-methyl/N-ethyl adjacent to an activating group) is 1. The fraction of sp³-hybridized carbons (Fsp3) is 0.850. The van der Waals surface area contributed by atoms with Gasteiger partial charge in [-0.05, 0) is 6.92 Å². The van der Waals surface area contributed by atoms with Crippen molar-refractivity contribution in [1.82, 2.24) is 5.43 Å². The summed E-state index contributed by atoms with van der Waals surface area (Å²) >= 11 is 0. The molecule has 0 aliphatic heterocycles. The second-order valence-electron chi connectivity index (χ2n) is 7.68. The number of hydrogen-bond acceptors (Lipinski definition) is 2. The molecule has 0 heterocycles. The van der Waals surface area contributed by atoms with Crippen LogP contribution in [-0.4, -0.2) is 37.2 Å². The first-order chi connectivity index (χ1) is 11.3. The predicted octanol–water partition coefficient (Wildman–Crippen LogP) is 3.71. The monoisotopic (exact) mass is 340 g/mol. The van der Waals surface area contributed by atoms with Crippen molar-refractivity contribution >= 4 is 5.91 Å². The first-order valence-corrected chi connectivity index (χ1v) is 9.75. The van der Waals surface area contributed by atoms with Crippen LogP contribution in [-0.2, 0) is 4.79 Å². The Balaban J connectivity index is 3.63. The van der Waals surface area contributed by atoms with E-state index in [2.05, 4.69) is 18.9 Å². The third-order valence-electron chi connectivity index (χ3n) is 4.33. The Morgan fingerprint density at radius 2 is 1.46 bits per heavy atom. The van der Waals surface area contributed by atoms with Crippen LogP contribution in [0.15, 0.2) is 12.2 Å². The van der Waals surface area contributed by atoms with E-state index in [9.17, 15) is 9.90 Å². The lowest BCUT2D eigenvalue weighted by atomic mass is 10.0. The normalized spacial score (nSPS) is 12.9. The number of carbonyl (C=O) groups is 1. The third kappa shape index (κ3) is 13.6. The second-order valence-corrected chi connectivity index (χ2v) is 7.68. The summed E-state index contributed by atoms with van der Waals surface area (Å²) in [5.74, 6) is -0.189. The minimum atomic E-state index is -0.625. The summed E-state index contributed by atoms with van der Waals surface area (Å²) in [6, 6.07) is 0. The molecule has 0 spiro atoms. The Labute approximate surface area is 149 Å². The minimum absolute atomic E-state index is 0.189. The molecule has 24 heavy (non-hydrogen) atoms. The van der Waals surface area contributed by atoms with E-state index in [1.165, 1.54) is 51.4 Å². The molecule has 1 N–H and O–H groups in total. The molecule has 0 aromatic carbocycles. The Morgan fingerprint density at radius 3 is 1.92 bits per heavy atom. The predicted molar refractivity (Wildman–Crippen MR) is 100 cm³/mol. The summed E-state index contributed by atoms with van der Waals surface area (Å²) in [6.07, 6.45) is 12.9. The van der Waals surface area contributed by atoms with Gasteiger partial charge in [0, 0.05) is 5.57 Å².